The lowest BCUT2D eigenvalue weighted by atomic mass is 10.1. The van der Waals surface area contributed by atoms with Gasteiger partial charge in [0.2, 0.25) is 0 Å². The third-order valence-electron chi connectivity index (χ3n) is 2.66. The molecule has 0 aromatic carbocycles. The first-order valence-electron chi connectivity index (χ1n) is 6.10. The molecule has 4 heteroatoms. The van der Waals surface area contributed by atoms with E-state index in [1.54, 1.807) is 0 Å². The smallest absolute Gasteiger partial charge is 0.0725 e. The molecule has 92 valence electrons. The Kier molecular flexibility index (Phi) is 6.53. The van der Waals surface area contributed by atoms with Crippen LogP contribution < -0.4 is 0 Å². The average molecular weight is 241 g/mol. The Morgan fingerprint density at radius 3 is 2.88 bits per heavy atom. The van der Waals surface area contributed by atoms with Crippen LogP contribution in [0.3, 0.4) is 0 Å². The zero-order chi connectivity index (χ0) is 11.8. The quantitative estimate of drug-likeness (QED) is 0.656. The lowest BCUT2D eigenvalue weighted by molar-refractivity contribution is 0.478. The number of thioether (sulfide) groups is 1. The van der Waals surface area contributed by atoms with Gasteiger partial charge in [0.15, 0.2) is 0 Å². The molecule has 16 heavy (non-hydrogen) atoms. The molecular weight excluding hydrogens is 218 g/mol. The van der Waals surface area contributed by atoms with Crippen molar-refractivity contribution in [3.05, 3.63) is 11.9 Å². The Labute approximate surface area is 103 Å². The Bertz CT molecular complexity index is 284. The summed E-state index contributed by atoms with van der Waals surface area (Å²) in [5.41, 5.74) is 1.28. The highest BCUT2D eigenvalue weighted by Crippen LogP contribution is 2.09. The van der Waals surface area contributed by atoms with Crippen LogP contribution in [0.15, 0.2) is 6.20 Å². The molecule has 0 fully saturated rings. The number of unbranched alkanes of at least 4 members (excludes halogenated alkanes) is 1. The van der Waals surface area contributed by atoms with Gasteiger partial charge >= 0.3 is 0 Å². The minimum absolute atomic E-state index is 0.812. The number of hydrogen-bond acceptors (Lipinski definition) is 3. The first-order chi connectivity index (χ1) is 7.74. The molecule has 0 amide bonds. The molecule has 0 atom stereocenters. The van der Waals surface area contributed by atoms with E-state index in [1.807, 2.05) is 18.0 Å². The maximum Gasteiger partial charge on any atom is 0.0725 e. The first kappa shape index (κ1) is 13.6. The van der Waals surface area contributed by atoms with Gasteiger partial charge in [0, 0.05) is 13.0 Å². The van der Waals surface area contributed by atoms with Crippen LogP contribution in [-0.4, -0.2) is 27.0 Å². The minimum Gasteiger partial charge on any atom is -0.249 e. The van der Waals surface area contributed by atoms with Gasteiger partial charge in [0.1, 0.15) is 0 Å². The Hall–Kier alpha value is -0.510. The number of aryl methyl sites for hydroxylation is 2. The first-order valence-corrected chi connectivity index (χ1v) is 7.49. The number of hydrogen-bond donors (Lipinski definition) is 0. The number of rotatable bonds is 8. The largest absolute Gasteiger partial charge is 0.249 e. The molecule has 1 aromatic heterocycles. The van der Waals surface area contributed by atoms with Crippen molar-refractivity contribution in [2.24, 2.45) is 5.92 Å². The maximum absolute atomic E-state index is 4.14. The van der Waals surface area contributed by atoms with Crippen LogP contribution >= 0.6 is 11.8 Å². The summed E-state index contributed by atoms with van der Waals surface area (Å²) in [5.74, 6) is 1.96. The van der Waals surface area contributed by atoms with E-state index in [1.165, 1.54) is 25.0 Å². The molecule has 0 spiro atoms. The highest BCUT2D eigenvalue weighted by Gasteiger charge is 2.03. The van der Waals surface area contributed by atoms with E-state index in [9.17, 15) is 0 Å². The fraction of sp³-hybridized carbons (Fsp3) is 0.833. The van der Waals surface area contributed by atoms with Crippen molar-refractivity contribution in [2.45, 2.75) is 46.1 Å². The summed E-state index contributed by atoms with van der Waals surface area (Å²) >= 11 is 1.87. The molecular formula is C12H23N3S. The normalized spacial score (nSPS) is 11.2. The van der Waals surface area contributed by atoms with E-state index in [-0.39, 0.29) is 0 Å². The minimum atomic E-state index is 0.812. The van der Waals surface area contributed by atoms with Crippen molar-refractivity contribution >= 4 is 11.8 Å². The molecule has 0 unspecified atom stereocenters. The van der Waals surface area contributed by atoms with Crippen molar-refractivity contribution in [3.8, 4) is 0 Å². The van der Waals surface area contributed by atoms with Gasteiger partial charge < -0.3 is 0 Å². The van der Waals surface area contributed by atoms with E-state index in [4.69, 9.17) is 0 Å². The van der Waals surface area contributed by atoms with Gasteiger partial charge in [-0.3, -0.25) is 0 Å². The van der Waals surface area contributed by atoms with Gasteiger partial charge in [-0.05, 0) is 24.3 Å². The van der Waals surface area contributed by atoms with Crippen LogP contribution in [0, 0.1) is 5.92 Å². The molecule has 3 nitrogen and oxygen atoms in total. The number of nitrogens with zero attached hydrogens (tertiary/aromatic N) is 3. The lowest BCUT2D eigenvalue weighted by Crippen LogP contribution is -2.06. The molecule has 0 aliphatic heterocycles. The Morgan fingerprint density at radius 2 is 2.19 bits per heavy atom. The molecule has 0 N–H and O–H groups in total. The summed E-state index contributed by atoms with van der Waals surface area (Å²) in [7, 11) is 0. The van der Waals surface area contributed by atoms with Gasteiger partial charge in [-0.1, -0.05) is 31.9 Å². The lowest BCUT2D eigenvalue weighted by Gasteiger charge is -2.06. The van der Waals surface area contributed by atoms with Crippen molar-refractivity contribution in [1.82, 2.24) is 15.0 Å². The summed E-state index contributed by atoms with van der Waals surface area (Å²) in [6, 6.07) is 0. The second-order valence-corrected chi connectivity index (χ2v) is 5.57. The van der Waals surface area contributed by atoms with E-state index >= 15 is 0 Å². The molecule has 0 aliphatic carbocycles. The summed E-state index contributed by atoms with van der Waals surface area (Å²) in [4.78, 5) is 0. The third kappa shape index (κ3) is 5.01. The van der Waals surface area contributed by atoms with Gasteiger partial charge in [-0.25, -0.2) is 4.68 Å². The predicted molar refractivity (Wildman–Crippen MR) is 70.8 cm³/mol. The predicted octanol–water partition coefficient (Wildman–Crippen LogP) is 3.01. The Morgan fingerprint density at radius 1 is 1.38 bits per heavy atom. The van der Waals surface area contributed by atoms with Crippen LogP contribution in [0.5, 0.6) is 0 Å². The summed E-state index contributed by atoms with van der Waals surface area (Å²) in [5, 5.41) is 8.14. The molecule has 0 aliphatic rings. The SMILES string of the molecule is CSCCc1cnnn1CCCCC(C)C. The van der Waals surface area contributed by atoms with E-state index < -0.39 is 0 Å². The standard InChI is InChI=1S/C12H23N3S/c1-11(2)6-4-5-8-15-12(7-9-16-3)10-13-14-15/h10-11H,4-9H2,1-3H3. The molecule has 1 heterocycles. The summed E-state index contributed by atoms with van der Waals surface area (Å²) in [6.07, 6.45) is 8.94. The summed E-state index contributed by atoms with van der Waals surface area (Å²) in [6.45, 7) is 5.58. The van der Waals surface area contributed by atoms with Crippen LogP contribution in [0.25, 0.3) is 0 Å². The molecule has 0 saturated heterocycles. The monoisotopic (exact) mass is 241 g/mol. The van der Waals surface area contributed by atoms with E-state index in [0.29, 0.717) is 0 Å². The van der Waals surface area contributed by atoms with Gasteiger partial charge in [0.25, 0.3) is 0 Å². The molecule has 1 rings (SSSR count). The van der Waals surface area contributed by atoms with Gasteiger partial charge in [0.05, 0.1) is 11.9 Å². The molecule has 1 aromatic rings. The highest BCUT2D eigenvalue weighted by molar-refractivity contribution is 7.98. The zero-order valence-electron chi connectivity index (χ0n) is 10.6. The van der Waals surface area contributed by atoms with Crippen LogP contribution in [0.2, 0.25) is 0 Å². The molecule has 0 saturated carbocycles. The number of aromatic nitrogens is 3. The van der Waals surface area contributed by atoms with Crippen LogP contribution in [0.4, 0.5) is 0 Å². The highest BCUT2D eigenvalue weighted by atomic mass is 32.2. The van der Waals surface area contributed by atoms with Gasteiger partial charge in [-0.2, -0.15) is 11.8 Å². The topological polar surface area (TPSA) is 30.7 Å². The zero-order valence-corrected chi connectivity index (χ0v) is 11.5. The van der Waals surface area contributed by atoms with Crippen molar-refractivity contribution in [1.29, 1.82) is 0 Å². The van der Waals surface area contributed by atoms with E-state index in [2.05, 4.69) is 35.1 Å². The van der Waals surface area contributed by atoms with Crippen molar-refractivity contribution in [2.75, 3.05) is 12.0 Å². The fourth-order valence-electron chi connectivity index (χ4n) is 1.68. The Balaban J connectivity index is 2.27. The second kappa shape index (κ2) is 7.71. The third-order valence-corrected chi connectivity index (χ3v) is 3.27. The van der Waals surface area contributed by atoms with Crippen molar-refractivity contribution < 1.29 is 0 Å². The second-order valence-electron chi connectivity index (χ2n) is 4.58. The van der Waals surface area contributed by atoms with Gasteiger partial charge in [-0.15, -0.1) is 5.10 Å². The molecule has 0 bridgehead atoms. The fourth-order valence-corrected chi connectivity index (χ4v) is 2.09. The van der Waals surface area contributed by atoms with Crippen LogP contribution in [0.1, 0.15) is 38.8 Å². The van der Waals surface area contributed by atoms with Crippen molar-refractivity contribution in [3.63, 3.8) is 0 Å². The summed E-state index contributed by atoms with van der Waals surface area (Å²) < 4.78 is 2.07. The average Bonchev–Trinajstić information content (AvgIpc) is 2.69. The molecule has 0 radical (unpaired) electrons. The maximum atomic E-state index is 4.14. The van der Waals surface area contributed by atoms with E-state index in [0.717, 1.165) is 24.6 Å². The van der Waals surface area contributed by atoms with Crippen LogP contribution in [-0.2, 0) is 13.0 Å².